The van der Waals surface area contributed by atoms with E-state index in [-0.39, 0.29) is 5.60 Å². The number of hydrogen-bond donors (Lipinski definition) is 1. The third-order valence-corrected chi connectivity index (χ3v) is 5.18. The predicted octanol–water partition coefficient (Wildman–Crippen LogP) is 1.38. The second-order valence-electron chi connectivity index (χ2n) is 6.34. The Morgan fingerprint density at radius 1 is 1.43 bits per heavy atom. The summed E-state index contributed by atoms with van der Waals surface area (Å²) in [6, 6.07) is 3.80. The SMILES string of the molecule is CO[C@@]1(c2ccnc(C(N)=O)c2)[C@@H]2CCC[C@H]1CN(C)C2. The monoisotopic (exact) mass is 289 g/mol. The number of methoxy groups -OCH3 is 1. The van der Waals surface area contributed by atoms with Gasteiger partial charge >= 0.3 is 0 Å². The average Bonchev–Trinajstić information content (AvgIpc) is 2.46. The standard InChI is InChI=1S/C16H23N3O2/c1-19-9-12-4-3-5-13(10-19)16(12,21-2)11-6-7-18-14(8-11)15(17)20/h6-8,12-13H,3-5,9-10H2,1-2H3,(H2,17,20)/t12-,13+,16+. The van der Waals surface area contributed by atoms with Gasteiger partial charge < -0.3 is 15.4 Å². The van der Waals surface area contributed by atoms with Crippen molar-refractivity contribution in [1.29, 1.82) is 0 Å². The molecule has 1 aromatic heterocycles. The molecule has 1 amide bonds. The number of carbonyl (C=O) groups excluding carboxylic acids is 1. The predicted molar refractivity (Wildman–Crippen MR) is 79.8 cm³/mol. The number of fused-ring (bicyclic) bond motifs is 2. The van der Waals surface area contributed by atoms with E-state index in [2.05, 4.69) is 16.9 Å². The second kappa shape index (κ2) is 5.39. The molecule has 5 heteroatoms. The summed E-state index contributed by atoms with van der Waals surface area (Å²) >= 11 is 0. The van der Waals surface area contributed by atoms with Crippen molar-refractivity contribution in [3.63, 3.8) is 0 Å². The van der Waals surface area contributed by atoms with Crippen LogP contribution in [0.5, 0.6) is 0 Å². The molecule has 0 spiro atoms. The molecule has 1 aliphatic heterocycles. The molecule has 2 bridgehead atoms. The number of likely N-dealkylation sites (tertiary alicyclic amines) is 1. The quantitative estimate of drug-likeness (QED) is 0.913. The van der Waals surface area contributed by atoms with Crippen LogP contribution in [0.4, 0.5) is 0 Å². The topological polar surface area (TPSA) is 68.5 Å². The lowest BCUT2D eigenvalue weighted by Crippen LogP contribution is -2.58. The maximum absolute atomic E-state index is 11.4. The number of primary amides is 1. The van der Waals surface area contributed by atoms with Gasteiger partial charge in [-0.1, -0.05) is 6.42 Å². The first kappa shape index (κ1) is 14.5. The van der Waals surface area contributed by atoms with E-state index in [9.17, 15) is 4.79 Å². The van der Waals surface area contributed by atoms with Crippen molar-refractivity contribution in [2.45, 2.75) is 24.9 Å². The Morgan fingerprint density at radius 2 is 2.10 bits per heavy atom. The van der Waals surface area contributed by atoms with Gasteiger partial charge in [-0.3, -0.25) is 9.78 Å². The molecule has 0 aromatic carbocycles. The van der Waals surface area contributed by atoms with E-state index in [1.807, 2.05) is 12.1 Å². The maximum atomic E-state index is 11.4. The van der Waals surface area contributed by atoms with Crippen LogP contribution in [-0.2, 0) is 10.3 Å². The van der Waals surface area contributed by atoms with Gasteiger partial charge in [0.1, 0.15) is 11.3 Å². The Kier molecular flexibility index (Phi) is 3.71. The van der Waals surface area contributed by atoms with E-state index < -0.39 is 5.91 Å². The summed E-state index contributed by atoms with van der Waals surface area (Å²) < 4.78 is 6.11. The minimum absolute atomic E-state index is 0.308. The minimum Gasteiger partial charge on any atom is -0.373 e. The highest BCUT2D eigenvalue weighted by Crippen LogP contribution is 2.51. The number of aromatic nitrogens is 1. The van der Waals surface area contributed by atoms with Crippen LogP contribution in [0.15, 0.2) is 18.3 Å². The average molecular weight is 289 g/mol. The lowest BCUT2D eigenvalue weighted by molar-refractivity contribution is -0.165. The summed E-state index contributed by atoms with van der Waals surface area (Å²) in [6.07, 6.45) is 5.23. The van der Waals surface area contributed by atoms with E-state index in [1.165, 1.54) is 6.42 Å². The first-order valence-corrected chi connectivity index (χ1v) is 7.58. The van der Waals surface area contributed by atoms with Crippen LogP contribution in [0, 0.1) is 11.8 Å². The second-order valence-corrected chi connectivity index (χ2v) is 6.34. The summed E-state index contributed by atoms with van der Waals surface area (Å²) in [6.45, 7) is 2.05. The molecule has 2 fully saturated rings. The largest absolute Gasteiger partial charge is 0.373 e. The molecule has 1 saturated carbocycles. The zero-order chi connectivity index (χ0) is 15.0. The molecule has 3 rings (SSSR count). The van der Waals surface area contributed by atoms with Crippen molar-refractivity contribution in [2.75, 3.05) is 27.2 Å². The number of piperidine rings is 1. The van der Waals surface area contributed by atoms with Crippen molar-refractivity contribution in [2.24, 2.45) is 17.6 Å². The van der Waals surface area contributed by atoms with Gasteiger partial charge in [-0.2, -0.15) is 0 Å². The van der Waals surface area contributed by atoms with Crippen molar-refractivity contribution in [3.05, 3.63) is 29.6 Å². The van der Waals surface area contributed by atoms with Crippen molar-refractivity contribution in [3.8, 4) is 0 Å². The highest BCUT2D eigenvalue weighted by atomic mass is 16.5. The first-order valence-electron chi connectivity index (χ1n) is 7.58. The van der Waals surface area contributed by atoms with Crippen LogP contribution in [0.2, 0.25) is 0 Å². The molecule has 5 nitrogen and oxygen atoms in total. The highest BCUT2D eigenvalue weighted by Gasteiger charge is 2.52. The molecule has 1 aromatic rings. The van der Waals surface area contributed by atoms with Gasteiger partial charge in [0, 0.05) is 38.2 Å². The number of hydrogen-bond acceptors (Lipinski definition) is 4. The highest BCUT2D eigenvalue weighted by molar-refractivity contribution is 5.90. The summed E-state index contributed by atoms with van der Waals surface area (Å²) in [7, 11) is 3.97. The van der Waals surface area contributed by atoms with Gasteiger partial charge in [0.2, 0.25) is 0 Å². The first-order chi connectivity index (χ1) is 10.1. The fourth-order valence-electron chi connectivity index (χ4n) is 4.38. The van der Waals surface area contributed by atoms with Crippen LogP contribution in [0.3, 0.4) is 0 Å². The fourth-order valence-corrected chi connectivity index (χ4v) is 4.38. The molecule has 1 aliphatic carbocycles. The third kappa shape index (κ3) is 2.24. The Morgan fingerprint density at radius 3 is 2.67 bits per heavy atom. The molecule has 2 heterocycles. The number of carbonyl (C=O) groups is 1. The van der Waals surface area contributed by atoms with Gasteiger partial charge in [-0.15, -0.1) is 0 Å². The third-order valence-electron chi connectivity index (χ3n) is 5.18. The van der Waals surface area contributed by atoms with E-state index in [0.29, 0.717) is 17.5 Å². The van der Waals surface area contributed by atoms with Crippen LogP contribution in [0.25, 0.3) is 0 Å². The summed E-state index contributed by atoms with van der Waals surface area (Å²) in [5.41, 5.74) is 6.45. The molecule has 2 aliphatic rings. The number of ether oxygens (including phenoxy) is 1. The molecular weight excluding hydrogens is 266 g/mol. The van der Waals surface area contributed by atoms with Crippen molar-refractivity contribution < 1.29 is 9.53 Å². The number of amides is 1. The van der Waals surface area contributed by atoms with Crippen LogP contribution >= 0.6 is 0 Å². The van der Waals surface area contributed by atoms with E-state index >= 15 is 0 Å². The molecule has 114 valence electrons. The molecule has 0 unspecified atom stereocenters. The van der Waals surface area contributed by atoms with Crippen molar-refractivity contribution >= 4 is 5.91 Å². The van der Waals surface area contributed by atoms with Gasteiger partial charge in [0.25, 0.3) is 5.91 Å². The number of rotatable bonds is 3. The molecule has 2 N–H and O–H groups in total. The van der Waals surface area contributed by atoms with E-state index in [0.717, 1.165) is 31.5 Å². The van der Waals surface area contributed by atoms with Gasteiger partial charge in [0.05, 0.1) is 0 Å². The van der Waals surface area contributed by atoms with Crippen LogP contribution in [0.1, 0.15) is 35.3 Å². The number of pyridine rings is 1. The summed E-state index contributed by atoms with van der Waals surface area (Å²) in [5, 5.41) is 0. The normalized spacial score (nSPS) is 32.9. The lowest BCUT2D eigenvalue weighted by Gasteiger charge is -2.54. The molecule has 21 heavy (non-hydrogen) atoms. The lowest BCUT2D eigenvalue weighted by atomic mass is 9.62. The van der Waals surface area contributed by atoms with Crippen molar-refractivity contribution in [1.82, 2.24) is 9.88 Å². The Balaban J connectivity index is 2.07. The zero-order valence-electron chi connectivity index (χ0n) is 12.7. The van der Waals surface area contributed by atoms with Crippen LogP contribution in [-0.4, -0.2) is 43.0 Å². The Hall–Kier alpha value is -1.46. The van der Waals surface area contributed by atoms with Gasteiger partial charge in [0.15, 0.2) is 0 Å². The van der Waals surface area contributed by atoms with E-state index in [1.54, 1.807) is 13.3 Å². The van der Waals surface area contributed by atoms with E-state index in [4.69, 9.17) is 10.5 Å². The van der Waals surface area contributed by atoms with Gasteiger partial charge in [-0.25, -0.2) is 0 Å². The Labute approximate surface area is 125 Å². The molecule has 1 saturated heterocycles. The zero-order valence-corrected chi connectivity index (χ0v) is 12.7. The fraction of sp³-hybridized carbons (Fsp3) is 0.625. The molecule has 3 atom stereocenters. The summed E-state index contributed by atoms with van der Waals surface area (Å²) in [5.74, 6) is 0.410. The number of nitrogens with two attached hydrogens (primary N) is 1. The van der Waals surface area contributed by atoms with Crippen LogP contribution < -0.4 is 5.73 Å². The number of nitrogens with zero attached hydrogens (tertiary/aromatic N) is 2. The minimum atomic E-state index is -0.485. The molecule has 0 radical (unpaired) electrons. The van der Waals surface area contributed by atoms with Gasteiger partial charge in [-0.05, 0) is 37.6 Å². The maximum Gasteiger partial charge on any atom is 0.267 e. The summed E-state index contributed by atoms with van der Waals surface area (Å²) in [4.78, 5) is 17.9. The Bertz CT molecular complexity index is 532. The smallest absolute Gasteiger partial charge is 0.267 e. The molecular formula is C16H23N3O2.